The van der Waals surface area contributed by atoms with Crippen LogP contribution in [0.25, 0.3) is 0 Å². The highest BCUT2D eigenvalue weighted by Gasteiger charge is 2.34. The van der Waals surface area contributed by atoms with Crippen molar-refractivity contribution in [2.24, 2.45) is 0 Å². The molecule has 1 aromatic rings. The zero-order valence-corrected chi connectivity index (χ0v) is 14.7. The quantitative estimate of drug-likeness (QED) is 0.583. The molecule has 1 aromatic carbocycles. The highest BCUT2D eigenvalue weighted by atomic mass is 16.5. The van der Waals surface area contributed by atoms with Crippen LogP contribution in [0.4, 0.5) is 5.69 Å². The van der Waals surface area contributed by atoms with Crippen molar-refractivity contribution in [1.82, 2.24) is 4.90 Å². The Morgan fingerprint density at radius 3 is 2.69 bits per heavy atom. The number of hydrogen-bond donors (Lipinski definition) is 3. The summed E-state index contributed by atoms with van der Waals surface area (Å²) in [5.74, 6) is -1.89. The van der Waals surface area contributed by atoms with Gasteiger partial charge in [-0.25, -0.2) is 4.79 Å². The molecule has 1 aliphatic rings. The van der Waals surface area contributed by atoms with Crippen molar-refractivity contribution in [3.63, 3.8) is 0 Å². The Hall–Kier alpha value is -2.87. The maximum Gasteiger partial charge on any atom is 0.337 e. The molecule has 3 N–H and O–H groups in total. The number of anilines is 1. The summed E-state index contributed by atoms with van der Waals surface area (Å²) in [6.07, 6.45) is 0.361. The Kier molecular flexibility index (Phi) is 6.35. The first kappa shape index (κ1) is 19.5. The van der Waals surface area contributed by atoms with Crippen LogP contribution in [0.5, 0.6) is 0 Å². The summed E-state index contributed by atoms with van der Waals surface area (Å²) in [6, 6.07) is 5.42. The number of aryl methyl sites for hydroxylation is 2. The summed E-state index contributed by atoms with van der Waals surface area (Å²) in [6.45, 7) is 1.80. The topological polar surface area (TPSA) is 116 Å². The molecule has 26 heavy (non-hydrogen) atoms. The summed E-state index contributed by atoms with van der Waals surface area (Å²) in [5.41, 5.74) is 2.57. The summed E-state index contributed by atoms with van der Waals surface area (Å²) in [5, 5.41) is 20.9. The van der Waals surface area contributed by atoms with Gasteiger partial charge in [-0.2, -0.15) is 0 Å². The number of ether oxygens (including phenoxy) is 1. The van der Waals surface area contributed by atoms with Gasteiger partial charge in [0.25, 0.3) is 5.91 Å². The largest absolute Gasteiger partial charge is 0.481 e. The predicted octanol–water partition coefficient (Wildman–Crippen LogP) is 0.686. The molecule has 0 unspecified atom stereocenters. The van der Waals surface area contributed by atoms with Crippen molar-refractivity contribution >= 4 is 23.5 Å². The van der Waals surface area contributed by atoms with E-state index in [-0.39, 0.29) is 37.4 Å². The molecule has 0 atom stereocenters. The van der Waals surface area contributed by atoms with E-state index in [1.165, 1.54) is 12.0 Å². The third-order valence-electron chi connectivity index (χ3n) is 4.14. The molecule has 1 heterocycles. The number of esters is 1. The first-order valence-electron chi connectivity index (χ1n) is 8.17. The van der Waals surface area contributed by atoms with E-state index in [0.29, 0.717) is 12.1 Å². The summed E-state index contributed by atoms with van der Waals surface area (Å²) in [4.78, 5) is 36.7. The number of carboxylic acid groups (broad SMARTS) is 1. The second-order valence-corrected chi connectivity index (χ2v) is 5.96. The van der Waals surface area contributed by atoms with Crippen LogP contribution < -0.4 is 5.32 Å². The van der Waals surface area contributed by atoms with Crippen LogP contribution in [-0.4, -0.2) is 59.8 Å². The Bertz CT molecular complexity index is 756. The van der Waals surface area contributed by atoms with E-state index >= 15 is 0 Å². The minimum atomic E-state index is -0.888. The smallest absolute Gasteiger partial charge is 0.337 e. The minimum Gasteiger partial charge on any atom is -0.481 e. The van der Waals surface area contributed by atoms with E-state index in [1.54, 1.807) is 6.07 Å². The molecule has 140 valence electrons. The van der Waals surface area contributed by atoms with Gasteiger partial charge in [0, 0.05) is 18.7 Å². The first-order valence-corrected chi connectivity index (χ1v) is 8.17. The number of aliphatic hydroxyl groups is 1. The van der Waals surface area contributed by atoms with Gasteiger partial charge in [-0.3, -0.25) is 9.59 Å². The van der Waals surface area contributed by atoms with Crippen molar-refractivity contribution in [2.75, 3.05) is 32.1 Å². The molecule has 0 bridgehead atoms. The van der Waals surface area contributed by atoms with Crippen LogP contribution in [-0.2, 0) is 25.5 Å². The fourth-order valence-corrected chi connectivity index (χ4v) is 2.69. The maximum atomic E-state index is 12.6. The molecule has 0 saturated carbocycles. The Balaban J connectivity index is 2.31. The van der Waals surface area contributed by atoms with Gasteiger partial charge in [-0.05, 0) is 30.5 Å². The number of nitrogens with zero attached hydrogens (tertiary/aromatic N) is 1. The van der Waals surface area contributed by atoms with Crippen LogP contribution in [0.3, 0.4) is 0 Å². The first-order chi connectivity index (χ1) is 12.4. The van der Waals surface area contributed by atoms with Crippen molar-refractivity contribution in [1.29, 1.82) is 0 Å². The Morgan fingerprint density at radius 2 is 2.08 bits per heavy atom. The third kappa shape index (κ3) is 4.40. The number of benzene rings is 1. The number of rotatable bonds is 8. The number of nitrogens with one attached hydrogen (secondary N) is 1. The summed E-state index contributed by atoms with van der Waals surface area (Å²) < 4.78 is 4.75. The van der Waals surface area contributed by atoms with Crippen molar-refractivity contribution in [2.45, 2.75) is 19.8 Å². The van der Waals surface area contributed by atoms with Gasteiger partial charge in [-0.15, -0.1) is 0 Å². The third-order valence-corrected chi connectivity index (χ3v) is 4.14. The molecule has 0 aromatic heterocycles. The van der Waals surface area contributed by atoms with Crippen LogP contribution in [0.15, 0.2) is 29.5 Å². The van der Waals surface area contributed by atoms with E-state index in [4.69, 9.17) is 14.9 Å². The number of carboxylic acids is 1. The molecule has 1 aliphatic heterocycles. The number of hydrogen-bond acceptors (Lipinski definition) is 6. The normalized spacial score (nSPS) is 14.0. The lowest BCUT2D eigenvalue weighted by Gasteiger charge is -2.16. The predicted molar refractivity (Wildman–Crippen MR) is 93.5 cm³/mol. The van der Waals surface area contributed by atoms with Crippen molar-refractivity contribution < 1.29 is 29.3 Å². The second kappa shape index (κ2) is 8.48. The van der Waals surface area contributed by atoms with E-state index in [9.17, 15) is 14.4 Å². The van der Waals surface area contributed by atoms with Crippen LogP contribution in [0.1, 0.15) is 17.5 Å². The molecule has 8 nitrogen and oxygen atoms in total. The van der Waals surface area contributed by atoms with E-state index in [0.717, 1.165) is 11.1 Å². The monoisotopic (exact) mass is 362 g/mol. The highest BCUT2D eigenvalue weighted by molar-refractivity contribution is 6.08. The van der Waals surface area contributed by atoms with Gasteiger partial charge in [0.05, 0.1) is 25.8 Å². The molecule has 0 aliphatic carbocycles. The molecular formula is C18H22N2O6. The average molecular weight is 362 g/mol. The lowest BCUT2D eigenvalue weighted by atomic mass is 10.1. The maximum absolute atomic E-state index is 12.6. The van der Waals surface area contributed by atoms with Crippen molar-refractivity contribution in [3.8, 4) is 0 Å². The zero-order valence-electron chi connectivity index (χ0n) is 14.7. The second-order valence-electron chi connectivity index (χ2n) is 5.96. The van der Waals surface area contributed by atoms with Crippen LogP contribution in [0.2, 0.25) is 0 Å². The number of β-amino-alcohol motifs (C(OH)–C–C–N with tert-alkyl or cyclic N) is 1. The van der Waals surface area contributed by atoms with E-state index < -0.39 is 17.8 Å². The summed E-state index contributed by atoms with van der Waals surface area (Å²) >= 11 is 0. The molecular weight excluding hydrogens is 340 g/mol. The van der Waals surface area contributed by atoms with Gasteiger partial charge in [0.1, 0.15) is 5.70 Å². The lowest BCUT2D eigenvalue weighted by Crippen LogP contribution is -2.31. The fraction of sp³-hybridized carbons (Fsp3) is 0.389. The minimum absolute atomic E-state index is 0.00180. The molecule has 0 radical (unpaired) electrons. The average Bonchev–Trinajstić information content (AvgIpc) is 2.91. The number of carbonyl (C=O) groups is 3. The molecule has 2 rings (SSSR count). The standard InChI is InChI=1S/C18H22N2O6/c1-11-3-4-12(5-6-15(22)23)9-14(11)19-16-13(18(25)26-2)10-20(7-8-21)17(16)24/h3-4,9,19,21H,5-8,10H2,1-2H3,(H,22,23). The summed E-state index contributed by atoms with van der Waals surface area (Å²) in [7, 11) is 1.24. The Morgan fingerprint density at radius 1 is 1.35 bits per heavy atom. The van der Waals surface area contributed by atoms with Gasteiger partial charge in [0.2, 0.25) is 0 Å². The molecule has 8 heteroatoms. The van der Waals surface area contributed by atoms with Crippen molar-refractivity contribution in [3.05, 3.63) is 40.6 Å². The van der Waals surface area contributed by atoms with Gasteiger partial charge < -0.3 is 25.2 Å². The van der Waals surface area contributed by atoms with Gasteiger partial charge in [0.15, 0.2) is 0 Å². The fourth-order valence-electron chi connectivity index (χ4n) is 2.69. The van der Waals surface area contributed by atoms with E-state index in [1.807, 2.05) is 19.1 Å². The Labute approximate surface area is 151 Å². The van der Waals surface area contributed by atoms with Crippen LogP contribution >= 0.6 is 0 Å². The van der Waals surface area contributed by atoms with Gasteiger partial charge >= 0.3 is 11.9 Å². The highest BCUT2D eigenvalue weighted by Crippen LogP contribution is 2.25. The van der Waals surface area contributed by atoms with Crippen LogP contribution in [0, 0.1) is 6.92 Å². The molecule has 0 fully saturated rings. The molecule has 1 amide bonds. The lowest BCUT2D eigenvalue weighted by molar-refractivity contribution is -0.137. The number of methoxy groups -OCH3 is 1. The number of aliphatic hydroxyl groups excluding tert-OH is 1. The zero-order chi connectivity index (χ0) is 19.3. The molecule has 0 saturated heterocycles. The SMILES string of the molecule is COC(=O)C1=C(Nc2cc(CCC(=O)O)ccc2C)C(=O)N(CCO)C1. The molecule has 0 spiro atoms. The van der Waals surface area contributed by atoms with Gasteiger partial charge in [-0.1, -0.05) is 12.1 Å². The number of aliphatic carboxylic acids is 1. The number of amides is 1. The number of carbonyl (C=O) groups excluding carboxylic acids is 2. The van der Waals surface area contributed by atoms with E-state index in [2.05, 4.69) is 5.32 Å².